The maximum absolute atomic E-state index is 12.7. The van der Waals surface area contributed by atoms with Crippen LogP contribution in [-0.4, -0.2) is 51.6 Å². The number of carbonyl (C=O) groups excluding carboxylic acids is 2. The molecular weight excluding hydrogens is 466 g/mol. The summed E-state index contributed by atoms with van der Waals surface area (Å²) in [7, 11) is 0. The van der Waals surface area contributed by atoms with Crippen LogP contribution in [0.15, 0.2) is 36.4 Å². The van der Waals surface area contributed by atoms with E-state index in [0.29, 0.717) is 49.3 Å². The van der Waals surface area contributed by atoms with Gasteiger partial charge < -0.3 is 16.4 Å². The number of benzene rings is 2. The fraction of sp³-hybridized carbons (Fsp3) is 0.464. The zero-order valence-corrected chi connectivity index (χ0v) is 22.3. The van der Waals surface area contributed by atoms with E-state index >= 15 is 0 Å². The second-order valence-electron chi connectivity index (χ2n) is 10.8. The molecule has 196 valence electrons. The van der Waals surface area contributed by atoms with Crippen LogP contribution in [0, 0.1) is 5.41 Å². The molecule has 4 rings (SSSR count). The lowest BCUT2D eigenvalue weighted by atomic mass is 9.65. The molecule has 9 nitrogen and oxygen atoms in total. The quantitative estimate of drug-likeness (QED) is 0.391. The summed E-state index contributed by atoms with van der Waals surface area (Å²) in [4.78, 5) is 25.4. The Morgan fingerprint density at radius 3 is 1.89 bits per heavy atom. The van der Waals surface area contributed by atoms with Gasteiger partial charge in [0.1, 0.15) is 0 Å². The van der Waals surface area contributed by atoms with Crippen LogP contribution in [0.3, 0.4) is 0 Å². The van der Waals surface area contributed by atoms with Crippen molar-refractivity contribution in [3.8, 4) is 0 Å². The minimum atomic E-state index is -0.795. The van der Waals surface area contributed by atoms with Gasteiger partial charge in [0.2, 0.25) is 0 Å². The SMILES string of the molecule is CCNC(=O)c1ccc2c(c1)CCc1cc(C(=O)NCC)ccc1C2(C[C@H](N)C(C)(C)C)c1nnn[nH]1. The Bertz CT molecular complexity index is 1210. The molecule has 0 saturated carbocycles. The van der Waals surface area contributed by atoms with Crippen LogP contribution in [0.25, 0.3) is 0 Å². The lowest BCUT2D eigenvalue weighted by molar-refractivity contribution is 0.0947. The summed E-state index contributed by atoms with van der Waals surface area (Å²) in [5, 5.41) is 21.1. The lowest BCUT2D eigenvalue weighted by Crippen LogP contribution is -2.44. The number of amides is 2. The van der Waals surface area contributed by atoms with E-state index in [0.717, 1.165) is 22.3 Å². The average Bonchev–Trinajstić information content (AvgIpc) is 3.37. The van der Waals surface area contributed by atoms with Gasteiger partial charge in [0.15, 0.2) is 5.82 Å². The smallest absolute Gasteiger partial charge is 0.251 e. The highest BCUT2D eigenvalue weighted by molar-refractivity contribution is 5.95. The first kappa shape index (κ1) is 26.5. The number of hydrogen-bond donors (Lipinski definition) is 4. The van der Waals surface area contributed by atoms with E-state index in [4.69, 9.17) is 5.73 Å². The molecule has 2 aromatic carbocycles. The normalized spacial score (nSPS) is 15.2. The number of aromatic amines is 1. The molecule has 1 aliphatic carbocycles. The molecule has 9 heteroatoms. The van der Waals surface area contributed by atoms with E-state index in [2.05, 4.69) is 52.0 Å². The van der Waals surface area contributed by atoms with Crippen molar-refractivity contribution in [2.24, 2.45) is 11.1 Å². The summed E-state index contributed by atoms with van der Waals surface area (Å²) >= 11 is 0. The van der Waals surface area contributed by atoms with E-state index in [1.165, 1.54) is 0 Å². The molecule has 0 bridgehead atoms. The molecule has 0 saturated heterocycles. The van der Waals surface area contributed by atoms with Gasteiger partial charge in [-0.2, -0.15) is 0 Å². The first-order valence-electron chi connectivity index (χ1n) is 12.9. The van der Waals surface area contributed by atoms with Crippen LogP contribution in [0.2, 0.25) is 0 Å². The third-order valence-electron chi connectivity index (χ3n) is 7.38. The molecule has 0 radical (unpaired) electrons. The van der Waals surface area contributed by atoms with Crippen molar-refractivity contribution in [3.63, 3.8) is 0 Å². The Labute approximate surface area is 218 Å². The Morgan fingerprint density at radius 1 is 0.973 bits per heavy atom. The van der Waals surface area contributed by atoms with Crippen molar-refractivity contribution in [1.82, 2.24) is 31.3 Å². The molecule has 0 spiro atoms. The van der Waals surface area contributed by atoms with Crippen LogP contribution < -0.4 is 16.4 Å². The Morgan fingerprint density at radius 2 is 1.49 bits per heavy atom. The number of hydrogen-bond acceptors (Lipinski definition) is 6. The maximum Gasteiger partial charge on any atom is 0.251 e. The Hall–Kier alpha value is -3.59. The average molecular weight is 504 g/mol. The number of fused-ring (bicyclic) bond motifs is 2. The summed E-state index contributed by atoms with van der Waals surface area (Å²) in [5.41, 5.74) is 11.2. The number of nitrogens with two attached hydrogens (primary N) is 1. The van der Waals surface area contributed by atoms with Gasteiger partial charge in [-0.1, -0.05) is 32.9 Å². The van der Waals surface area contributed by atoms with Gasteiger partial charge in [-0.3, -0.25) is 9.59 Å². The van der Waals surface area contributed by atoms with E-state index in [1.807, 2.05) is 50.2 Å². The number of carbonyl (C=O) groups is 2. The zero-order valence-electron chi connectivity index (χ0n) is 22.3. The third kappa shape index (κ3) is 5.00. The van der Waals surface area contributed by atoms with Crippen LogP contribution >= 0.6 is 0 Å². The fourth-order valence-electron chi connectivity index (χ4n) is 5.20. The molecule has 1 aliphatic rings. The van der Waals surface area contributed by atoms with Gasteiger partial charge in [-0.25, -0.2) is 5.10 Å². The van der Waals surface area contributed by atoms with Gasteiger partial charge in [0.25, 0.3) is 11.8 Å². The van der Waals surface area contributed by atoms with Gasteiger partial charge in [0.05, 0.1) is 5.41 Å². The van der Waals surface area contributed by atoms with Crippen LogP contribution in [0.4, 0.5) is 0 Å². The second-order valence-corrected chi connectivity index (χ2v) is 10.8. The molecule has 1 heterocycles. The van der Waals surface area contributed by atoms with Crippen molar-refractivity contribution in [1.29, 1.82) is 0 Å². The number of aryl methyl sites for hydroxylation is 2. The second kappa shape index (κ2) is 10.4. The van der Waals surface area contributed by atoms with Gasteiger partial charge in [0, 0.05) is 30.3 Å². The highest BCUT2D eigenvalue weighted by Gasteiger charge is 2.46. The lowest BCUT2D eigenvalue weighted by Gasteiger charge is -2.40. The summed E-state index contributed by atoms with van der Waals surface area (Å²) in [6.07, 6.45) is 1.93. The number of rotatable bonds is 7. The summed E-state index contributed by atoms with van der Waals surface area (Å²) in [6, 6.07) is 11.5. The largest absolute Gasteiger partial charge is 0.352 e. The Kier molecular flexibility index (Phi) is 7.45. The van der Waals surface area contributed by atoms with Crippen LogP contribution in [0.1, 0.15) is 89.8 Å². The first-order chi connectivity index (χ1) is 17.6. The molecule has 2 amide bonds. The Balaban J connectivity index is 2.00. The molecular formula is C28H37N7O2. The number of H-pyrrole nitrogens is 1. The third-order valence-corrected chi connectivity index (χ3v) is 7.38. The van der Waals surface area contributed by atoms with Crippen molar-refractivity contribution < 1.29 is 9.59 Å². The van der Waals surface area contributed by atoms with Gasteiger partial charge >= 0.3 is 0 Å². The number of nitrogens with zero attached hydrogens (tertiary/aromatic N) is 3. The zero-order chi connectivity index (χ0) is 26.8. The predicted molar refractivity (Wildman–Crippen MR) is 142 cm³/mol. The minimum Gasteiger partial charge on any atom is -0.352 e. The predicted octanol–water partition coefficient (Wildman–Crippen LogP) is 2.90. The fourth-order valence-corrected chi connectivity index (χ4v) is 5.20. The monoisotopic (exact) mass is 503 g/mol. The highest BCUT2D eigenvalue weighted by atomic mass is 16.2. The van der Waals surface area contributed by atoms with E-state index in [1.54, 1.807) is 0 Å². The summed E-state index contributed by atoms with van der Waals surface area (Å²) in [6.45, 7) is 11.3. The van der Waals surface area contributed by atoms with Crippen LogP contribution in [0.5, 0.6) is 0 Å². The van der Waals surface area contributed by atoms with Crippen LogP contribution in [-0.2, 0) is 18.3 Å². The molecule has 5 N–H and O–H groups in total. The van der Waals surface area contributed by atoms with Crippen molar-refractivity contribution in [2.45, 2.75) is 65.3 Å². The van der Waals surface area contributed by atoms with Crippen molar-refractivity contribution >= 4 is 11.8 Å². The topological polar surface area (TPSA) is 139 Å². The van der Waals surface area contributed by atoms with Gasteiger partial charge in [-0.05, 0) is 95.5 Å². The van der Waals surface area contributed by atoms with Crippen molar-refractivity contribution in [2.75, 3.05) is 13.1 Å². The standard InChI is InChI=1S/C28H37N7O2/c1-6-30-24(36)19-10-12-21-17(14-19)8-9-18-15-20(25(37)31-7-2)11-13-22(18)28(21,26-32-34-35-33-26)16-23(29)27(3,4)5/h10-15,23H,6-9,16,29H2,1-5H3,(H,30,36)(H,31,37)(H,32,33,34,35)/t23-/m0/s1. The van der Waals surface area contributed by atoms with E-state index < -0.39 is 5.41 Å². The maximum atomic E-state index is 12.7. The minimum absolute atomic E-state index is 0.107. The molecule has 0 fully saturated rings. The molecule has 1 atom stereocenters. The van der Waals surface area contributed by atoms with Crippen molar-refractivity contribution in [3.05, 3.63) is 75.6 Å². The molecule has 3 aromatic rings. The first-order valence-corrected chi connectivity index (χ1v) is 12.9. The highest BCUT2D eigenvalue weighted by Crippen LogP contribution is 2.48. The summed E-state index contributed by atoms with van der Waals surface area (Å²) in [5.74, 6) is 0.376. The molecule has 0 aliphatic heterocycles. The number of tetrazole rings is 1. The number of aromatic nitrogens is 4. The van der Waals surface area contributed by atoms with Gasteiger partial charge in [-0.15, -0.1) is 5.10 Å². The molecule has 37 heavy (non-hydrogen) atoms. The molecule has 0 unspecified atom stereocenters. The van der Waals surface area contributed by atoms with E-state index in [-0.39, 0.29) is 23.3 Å². The molecule has 1 aromatic heterocycles. The van der Waals surface area contributed by atoms with E-state index in [9.17, 15) is 9.59 Å². The number of nitrogens with one attached hydrogen (secondary N) is 3. The summed E-state index contributed by atoms with van der Waals surface area (Å²) < 4.78 is 0.